The lowest BCUT2D eigenvalue weighted by Crippen LogP contribution is -2.05. The third-order valence-corrected chi connectivity index (χ3v) is 11.1. The van der Waals surface area contributed by atoms with Crippen LogP contribution in [-0.2, 0) is 27.4 Å². The molecule has 0 amide bonds. The van der Waals surface area contributed by atoms with E-state index in [1.54, 1.807) is 39.5 Å². The second-order valence-corrected chi connectivity index (χ2v) is 14.7. The number of rotatable bonds is 18. The maximum atomic E-state index is 11.2. The molecule has 0 N–H and O–H groups in total. The highest BCUT2D eigenvalue weighted by Crippen LogP contribution is 2.34. The molecule has 254 valence electrons. The van der Waals surface area contributed by atoms with Gasteiger partial charge in [0.05, 0.1) is 37.1 Å². The zero-order chi connectivity index (χ0) is 33.9. The van der Waals surface area contributed by atoms with E-state index in [0.717, 1.165) is 30.1 Å². The van der Waals surface area contributed by atoms with E-state index in [1.807, 2.05) is 36.4 Å². The van der Waals surface area contributed by atoms with Crippen LogP contribution in [0.2, 0.25) is 0 Å². The Balaban J connectivity index is 0.000000258. The Morgan fingerprint density at radius 1 is 0.532 bits per heavy atom. The van der Waals surface area contributed by atoms with E-state index >= 15 is 0 Å². The van der Waals surface area contributed by atoms with E-state index in [2.05, 4.69) is 43.3 Å². The summed E-state index contributed by atoms with van der Waals surface area (Å²) < 4.78 is 49.4. The van der Waals surface area contributed by atoms with E-state index in [0.29, 0.717) is 12.0 Å². The zero-order valence-corrected chi connectivity index (χ0v) is 29.9. The summed E-state index contributed by atoms with van der Waals surface area (Å²) >= 11 is 0. The zero-order valence-electron chi connectivity index (χ0n) is 28.3. The molecule has 0 unspecified atom stereocenters. The molecule has 0 fully saturated rings. The van der Waals surface area contributed by atoms with Crippen molar-refractivity contribution in [3.63, 3.8) is 0 Å². The van der Waals surface area contributed by atoms with Gasteiger partial charge in [-0.2, -0.15) is 0 Å². The number of hydrogen-bond donors (Lipinski definition) is 0. The number of methoxy groups -OCH3 is 3. The molecule has 0 atom stereocenters. The van der Waals surface area contributed by atoms with E-state index in [-0.39, 0.29) is 15.8 Å². The van der Waals surface area contributed by atoms with E-state index in [1.165, 1.54) is 72.1 Å². The van der Waals surface area contributed by atoms with Crippen molar-refractivity contribution in [2.75, 3.05) is 21.3 Å². The maximum absolute atomic E-state index is 11.2. The Labute approximate surface area is 285 Å². The van der Waals surface area contributed by atoms with Gasteiger partial charge in [0.25, 0.3) is 0 Å². The van der Waals surface area contributed by atoms with Crippen LogP contribution in [0.3, 0.4) is 0 Å². The monoisotopic (exact) mass is 678 g/mol. The minimum atomic E-state index is -4.35. The van der Waals surface area contributed by atoms with Gasteiger partial charge in [0.2, 0.25) is 0 Å². The highest BCUT2D eigenvalue weighted by atomic mass is 32.2. The van der Waals surface area contributed by atoms with Crippen molar-refractivity contribution >= 4 is 21.0 Å². The molecule has 0 aliphatic carbocycles. The summed E-state index contributed by atoms with van der Waals surface area (Å²) in [5, 5.41) is 0. The van der Waals surface area contributed by atoms with Crippen LogP contribution in [0.4, 0.5) is 0 Å². The number of benzene rings is 4. The summed E-state index contributed by atoms with van der Waals surface area (Å²) in [6.45, 7) is 2.23. The van der Waals surface area contributed by atoms with Gasteiger partial charge in [-0.05, 0) is 97.3 Å². The van der Waals surface area contributed by atoms with Gasteiger partial charge in [-0.25, -0.2) is 8.42 Å². The van der Waals surface area contributed by atoms with Crippen LogP contribution in [0.1, 0.15) is 76.7 Å². The molecule has 4 aromatic carbocycles. The highest BCUT2D eigenvalue weighted by molar-refractivity contribution is 7.97. The minimum absolute atomic E-state index is 0.0501. The van der Waals surface area contributed by atoms with E-state index < -0.39 is 10.1 Å². The van der Waals surface area contributed by atoms with Crippen molar-refractivity contribution in [2.24, 2.45) is 0 Å². The molecule has 0 saturated heterocycles. The summed E-state index contributed by atoms with van der Waals surface area (Å²) in [5.41, 5.74) is 0.664. The topological polar surface area (TPSA) is 84.9 Å². The van der Waals surface area contributed by atoms with Gasteiger partial charge in [0.1, 0.15) is 27.4 Å². The molecule has 0 aliphatic rings. The second kappa shape index (κ2) is 20.7. The molecule has 0 bridgehead atoms. The smallest absolute Gasteiger partial charge is 0.166 e. The lowest BCUT2D eigenvalue weighted by atomic mass is 10.0. The van der Waals surface area contributed by atoms with Gasteiger partial charge < -0.3 is 18.8 Å². The third-order valence-electron chi connectivity index (χ3n) is 7.93. The van der Waals surface area contributed by atoms with Crippen LogP contribution >= 0.6 is 0 Å². The lowest BCUT2D eigenvalue weighted by Gasteiger charge is -2.12. The number of unbranched alkanes of at least 4 members (excludes halogenated alkanes) is 9. The van der Waals surface area contributed by atoms with Crippen LogP contribution in [0.25, 0.3) is 0 Å². The van der Waals surface area contributed by atoms with E-state index in [9.17, 15) is 13.0 Å². The lowest BCUT2D eigenvalue weighted by molar-refractivity contribution is 0.414. The summed E-state index contributed by atoms with van der Waals surface area (Å²) in [6.07, 6.45) is 13.2. The molecule has 0 aromatic heterocycles. The molecule has 47 heavy (non-hydrogen) atoms. The van der Waals surface area contributed by atoms with Crippen LogP contribution in [0.15, 0.2) is 117 Å². The van der Waals surface area contributed by atoms with E-state index in [4.69, 9.17) is 14.2 Å². The molecule has 0 heterocycles. The van der Waals surface area contributed by atoms with Gasteiger partial charge in [-0.1, -0.05) is 82.9 Å². The van der Waals surface area contributed by atoms with Gasteiger partial charge in [-0.15, -0.1) is 0 Å². The molecular formula is C39H50O6S2. The summed E-state index contributed by atoms with van der Waals surface area (Å²) in [6, 6.07) is 31.3. The quantitative estimate of drug-likeness (QED) is 0.0592. The first-order chi connectivity index (χ1) is 22.8. The predicted octanol–water partition coefficient (Wildman–Crippen LogP) is 9.86. The van der Waals surface area contributed by atoms with Crippen LogP contribution in [0, 0.1) is 0 Å². The average Bonchev–Trinajstić information content (AvgIpc) is 3.10. The number of hydrogen-bond acceptors (Lipinski definition) is 6. The van der Waals surface area contributed by atoms with Gasteiger partial charge in [-0.3, -0.25) is 0 Å². The first-order valence-electron chi connectivity index (χ1n) is 16.5. The maximum Gasteiger partial charge on any atom is 0.166 e. The summed E-state index contributed by atoms with van der Waals surface area (Å²) in [4.78, 5) is 3.65. The Morgan fingerprint density at radius 3 is 1.26 bits per heavy atom. The summed E-state index contributed by atoms with van der Waals surface area (Å²) in [5.74, 6) is 2.57. The first kappa shape index (κ1) is 38.0. The second-order valence-electron chi connectivity index (χ2n) is 11.3. The average molecular weight is 679 g/mol. The first-order valence-corrected chi connectivity index (χ1v) is 19.1. The molecule has 8 heteroatoms. The fourth-order valence-electron chi connectivity index (χ4n) is 5.30. The highest BCUT2D eigenvalue weighted by Gasteiger charge is 2.28. The largest absolute Gasteiger partial charge is 0.744 e. The molecule has 4 rings (SSSR count). The molecule has 4 aromatic rings. The van der Waals surface area contributed by atoms with Crippen molar-refractivity contribution < 1.29 is 27.2 Å². The molecule has 0 radical (unpaired) electrons. The van der Waals surface area contributed by atoms with Crippen molar-refractivity contribution in [1.29, 1.82) is 0 Å². The third kappa shape index (κ3) is 12.9. The normalized spacial score (nSPS) is 11.1. The molecule has 0 aliphatic heterocycles. The van der Waals surface area contributed by atoms with Gasteiger partial charge >= 0.3 is 0 Å². The van der Waals surface area contributed by atoms with Crippen molar-refractivity contribution in [2.45, 2.75) is 97.1 Å². The Hall–Kier alpha value is -3.46. The fourth-order valence-corrected chi connectivity index (χ4v) is 8.08. The van der Waals surface area contributed by atoms with Gasteiger partial charge in [0.15, 0.2) is 14.7 Å². The molecule has 6 nitrogen and oxygen atoms in total. The Morgan fingerprint density at radius 2 is 0.894 bits per heavy atom. The minimum Gasteiger partial charge on any atom is -0.744 e. The Bertz CT molecular complexity index is 1420. The summed E-state index contributed by atoms with van der Waals surface area (Å²) in [7, 11) is 0.489. The van der Waals surface area contributed by atoms with Crippen LogP contribution in [-0.4, -0.2) is 34.3 Å². The standard InChI is InChI=1S/C21H21O3S.C18H30O3S/c1-22-16-4-10-19(11-5-16)25(20-12-6-17(23-2)7-13-20)21-14-8-18(24-3)9-15-21;1-2-3-4-5-6-7-8-9-10-11-14-17-15-12-13-16-18(17)22(19,20)21/h4-15H,1-3H3;12-13,15-16H,2-11,14H2,1H3,(H,19,20,21)/q+1;/p-1. The molecule has 0 spiro atoms. The van der Waals surface area contributed by atoms with Crippen molar-refractivity contribution in [3.05, 3.63) is 103 Å². The number of aryl methyl sites for hydroxylation is 1. The van der Waals surface area contributed by atoms with Crippen LogP contribution in [0.5, 0.6) is 17.2 Å². The fraction of sp³-hybridized carbons (Fsp3) is 0.385. The van der Waals surface area contributed by atoms with Crippen LogP contribution < -0.4 is 14.2 Å². The van der Waals surface area contributed by atoms with Crippen molar-refractivity contribution in [3.8, 4) is 17.2 Å². The molecular weight excluding hydrogens is 629 g/mol. The predicted molar refractivity (Wildman–Crippen MR) is 191 cm³/mol. The Kier molecular flexibility index (Phi) is 16.7. The van der Waals surface area contributed by atoms with Gasteiger partial charge in [0, 0.05) is 0 Å². The SMILES string of the molecule is CCCCCCCCCCCCc1ccccc1S(=O)(=O)[O-].COc1ccc([S+](c2ccc(OC)cc2)c2ccc(OC)cc2)cc1. The number of ether oxygens (including phenoxy) is 3. The molecule has 0 saturated carbocycles. The van der Waals surface area contributed by atoms with Crippen molar-refractivity contribution in [1.82, 2.24) is 0 Å².